The van der Waals surface area contributed by atoms with Gasteiger partial charge in [-0.05, 0) is 102 Å². The van der Waals surface area contributed by atoms with Gasteiger partial charge in [-0.25, -0.2) is 9.97 Å². The highest BCUT2D eigenvalue weighted by molar-refractivity contribution is 6.06. The standard InChI is InChI=1S/C51H32N4O2/c1-2-9-35(10-3-1)50-49-38(11-8-30-52-49)32-45(53-50)34-18-25-40(26-19-34)55(41-27-20-36(21-28-41)51-54-44-13-5-7-15-48(44)57-51)39-23-16-33(17-24-39)37-22-29-47-43(31-37)42-12-4-6-14-46(42)56-47/h1-32H. The lowest BCUT2D eigenvalue weighted by molar-refractivity contribution is 0.620. The van der Waals surface area contributed by atoms with Gasteiger partial charge in [-0.2, -0.15) is 0 Å². The van der Waals surface area contributed by atoms with E-state index in [0.29, 0.717) is 5.89 Å². The molecule has 0 aliphatic carbocycles. The second kappa shape index (κ2) is 13.5. The summed E-state index contributed by atoms with van der Waals surface area (Å²) >= 11 is 0. The van der Waals surface area contributed by atoms with Crippen molar-refractivity contribution in [1.82, 2.24) is 15.0 Å². The number of anilines is 3. The average Bonchev–Trinajstić information content (AvgIpc) is 3.89. The number of benzene rings is 7. The molecule has 0 aliphatic rings. The van der Waals surface area contributed by atoms with E-state index in [1.54, 1.807) is 0 Å². The molecule has 268 valence electrons. The maximum atomic E-state index is 6.10. The summed E-state index contributed by atoms with van der Waals surface area (Å²) in [5.41, 5.74) is 14.3. The Hall–Kier alpha value is -7.83. The first-order valence-electron chi connectivity index (χ1n) is 18.9. The zero-order valence-corrected chi connectivity index (χ0v) is 30.6. The van der Waals surface area contributed by atoms with Crippen LogP contribution >= 0.6 is 0 Å². The van der Waals surface area contributed by atoms with Gasteiger partial charge in [-0.3, -0.25) is 4.98 Å². The molecule has 4 heterocycles. The van der Waals surface area contributed by atoms with E-state index in [2.05, 4.69) is 132 Å². The first-order valence-corrected chi connectivity index (χ1v) is 18.9. The maximum absolute atomic E-state index is 6.10. The van der Waals surface area contributed by atoms with Gasteiger partial charge >= 0.3 is 0 Å². The SMILES string of the molecule is c1ccc(-c2nc(-c3ccc(N(c4ccc(-c5ccc6oc7ccccc7c6c5)cc4)c4ccc(-c5nc6ccccc6o5)cc4)cc3)cc3cccnc23)cc1. The van der Waals surface area contributed by atoms with Crippen LogP contribution in [0.15, 0.2) is 203 Å². The lowest BCUT2D eigenvalue weighted by Crippen LogP contribution is -2.09. The summed E-state index contributed by atoms with van der Waals surface area (Å²) in [6.07, 6.45) is 1.82. The van der Waals surface area contributed by atoms with Crippen LogP contribution in [-0.4, -0.2) is 15.0 Å². The molecule has 6 heteroatoms. The van der Waals surface area contributed by atoms with Crippen LogP contribution in [0.2, 0.25) is 0 Å². The lowest BCUT2D eigenvalue weighted by Gasteiger charge is -2.26. The highest BCUT2D eigenvalue weighted by Crippen LogP contribution is 2.39. The maximum Gasteiger partial charge on any atom is 0.227 e. The van der Waals surface area contributed by atoms with Crippen molar-refractivity contribution < 1.29 is 8.83 Å². The van der Waals surface area contributed by atoms with Crippen LogP contribution in [0, 0.1) is 0 Å². The predicted octanol–water partition coefficient (Wildman–Crippen LogP) is 13.8. The molecular formula is C51H32N4O2. The average molecular weight is 733 g/mol. The van der Waals surface area contributed by atoms with Gasteiger partial charge in [0, 0.05) is 56.1 Å². The minimum absolute atomic E-state index is 0.596. The van der Waals surface area contributed by atoms with Crippen molar-refractivity contribution in [3.8, 4) is 45.1 Å². The number of fused-ring (bicyclic) bond motifs is 5. The van der Waals surface area contributed by atoms with Crippen LogP contribution in [0.25, 0.3) is 89.0 Å². The van der Waals surface area contributed by atoms with E-state index in [0.717, 1.165) is 100 Å². The number of aromatic nitrogens is 3. The van der Waals surface area contributed by atoms with Gasteiger partial charge in [0.05, 0.1) is 16.9 Å². The fraction of sp³-hybridized carbons (Fsp3) is 0. The Kier molecular flexibility index (Phi) is 7.71. The Morgan fingerprint density at radius 1 is 0.404 bits per heavy atom. The highest BCUT2D eigenvalue weighted by atomic mass is 16.3. The van der Waals surface area contributed by atoms with E-state index in [1.165, 1.54) is 0 Å². The fourth-order valence-corrected chi connectivity index (χ4v) is 7.72. The number of hydrogen-bond acceptors (Lipinski definition) is 6. The number of pyridine rings is 2. The van der Waals surface area contributed by atoms with Crippen LogP contribution < -0.4 is 4.90 Å². The largest absolute Gasteiger partial charge is 0.456 e. The van der Waals surface area contributed by atoms with Gasteiger partial charge in [-0.15, -0.1) is 0 Å². The molecule has 57 heavy (non-hydrogen) atoms. The van der Waals surface area contributed by atoms with Crippen molar-refractivity contribution >= 4 is 61.0 Å². The smallest absolute Gasteiger partial charge is 0.227 e. The van der Waals surface area contributed by atoms with Crippen LogP contribution in [-0.2, 0) is 0 Å². The monoisotopic (exact) mass is 732 g/mol. The molecular weight excluding hydrogens is 701 g/mol. The summed E-state index contributed by atoms with van der Waals surface area (Å²) in [5.74, 6) is 0.596. The molecule has 11 rings (SSSR count). The summed E-state index contributed by atoms with van der Waals surface area (Å²) in [7, 11) is 0. The molecule has 0 amide bonds. The third-order valence-corrected chi connectivity index (χ3v) is 10.6. The van der Waals surface area contributed by atoms with Crippen molar-refractivity contribution in [3.05, 3.63) is 194 Å². The second-order valence-corrected chi connectivity index (χ2v) is 14.1. The van der Waals surface area contributed by atoms with Crippen molar-refractivity contribution in [2.75, 3.05) is 4.90 Å². The Labute approximate surface area is 328 Å². The Morgan fingerprint density at radius 3 is 1.79 bits per heavy atom. The summed E-state index contributed by atoms with van der Waals surface area (Å²) in [6.45, 7) is 0. The first-order chi connectivity index (χ1) is 28.2. The minimum atomic E-state index is 0.596. The summed E-state index contributed by atoms with van der Waals surface area (Å²) < 4.78 is 12.2. The number of furan rings is 1. The number of para-hydroxylation sites is 3. The molecule has 0 atom stereocenters. The lowest BCUT2D eigenvalue weighted by atomic mass is 10.0. The zero-order valence-electron chi connectivity index (χ0n) is 30.6. The normalized spacial score (nSPS) is 11.5. The van der Waals surface area contributed by atoms with E-state index in [-0.39, 0.29) is 0 Å². The summed E-state index contributed by atoms with van der Waals surface area (Å²) in [4.78, 5) is 16.9. The van der Waals surface area contributed by atoms with E-state index >= 15 is 0 Å². The van der Waals surface area contributed by atoms with Crippen molar-refractivity contribution in [2.45, 2.75) is 0 Å². The van der Waals surface area contributed by atoms with Gasteiger partial charge in [0.15, 0.2) is 5.58 Å². The van der Waals surface area contributed by atoms with Crippen LogP contribution in [0.5, 0.6) is 0 Å². The molecule has 0 N–H and O–H groups in total. The summed E-state index contributed by atoms with van der Waals surface area (Å²) in [6, 6.07) is 64.6. The molecule has 7 aromatic carbocycles. The molecule has 0 bridgehead atoms. The molecule has 0 aliphatic heterocycles. The third kappa shape index (κ3) is 5.88. The molecule has 11 aromatic rings. The number of oxazole rings is 1. The molecule has 0 saturated heterocycles. The Balaban J connectivity index is 0.980. The second-order valence-electron chi connectivity index (χ2n) is 14.1. The van der Waals surface area contributed by atoms with Crippen LogP contribution in [0.3, 0.4) is 0 Å². The summed E-state index contributed by atoms with van der Waals surface area (Å²) in [5, 5.41) is 3.28. The molecule has 0 spiro atoms. The van der Waals surface area contributed by atoms with Crippen molar-refractivity contribution in [1.29, 1.82) is 0 Å². The van der Waals surface area contributed by atoms with E-state index < -0.39 is 0 Å². The zero-order chi connectivity index (χ0) is 37.7. The minimum Gasteiger partial charge on any atom is -0.456 e. The van der Waals surface area contributed by atoms with Gasteiger partial charge in [-0.1, -0.05) is 97.1 Å². The molecule has 6 nitrogen and oxygen atoms in total. The van der Waals surface area contributed by atoms with Gasteiger partial charge in [0.2, 0.25) is 5.89 Å². The fourth-order valence-electron chi connectivity index (χ4n) is 7.72. The molecule has 0 unspecified atom stereocenters. The number of hydrogen-bond donors (Lipinski definition) is 0. The van der Waals surface area contributed by atoms with Crippen molar-refractivity contribution in [3.63, 3.8) is 0 Å². The van der Waals surface area contributed by atoms with Gasteiger partial charge < -0.3 is 13.7 Å². The van der Waals surface area contributed by atoms with Crippen LogP contribution in [0.1, 0.15) is 0 Å². The van der Waals surface area contributed by atoms with E-state index in [9.17, 15) is 0 Å². The molecule has 0 saturated carbocycles. The number of rotatable bonds is 7. The van der Waals surface area contributed by atoms with E-state index in [4.69, 9.17) is 23.8 Å². The van der Waals surface area contributed by atoms with Gasteiger partial charge in [0.25, 0.3) is 0 Å². The third-order valence-electron chi connectivity index (χ3n) is 10.6. The molecule has 0 fully saturated rings. The van der Waals surface area contributed by atoms with E-state index in [1.807, 2.05) is 66.9 Å². The first kappa shape index (κ1) is 32.6. The topological polar surface area (TPSA) is 68.2 Å². The quantitative estimate of drug-likeness (QED) is 0.162. The predicted molar refractivity (Wildman–Crippen MR) is 231 cm³/mol. The van der Waals surface area contributed by atoms with Gasteiger partial charge in [0.1, 0.15) is 16.7 Å². The Morgan fingerprint density at radius 2 is 1.04 bits per heavy atom. The van der Waals surface area contributed by atoms with Crippen LogP contribution in [0.4, 0.5) is 17.1 Å². The molecule has 0 radical (unpaired) electrons. The van der Waals surface area contributed by atoms with Crippen molar-refractivity contribution in [2.24, 2.45) is 0 Å². The number of nitrogens with zero attached hydrogens (tertiary/aromatic N) is 4. The molecule has 4 aromatic heterocycles. The Bertz CT molecular complexity index is 3190. The highest BCUT2D eigenvalue weighted by Gasteiger charge is 2.17.